The lowest BCUT2D eigenvalue weighted by atomic mass is 10.1. The van der Waals surface area contributed by atoms with E-state index >= 15 is 0 Å². The lowest BCUT2D eigenvalue weighted by molar-refractivity contribution is -0.115. The van der Waals surface area contributed by atoms with Gasteiger partial charge in [0.1, 0.15) is 0 Å². The highest BCUT2D eigenvalue weighted by atomic mass is 32.2. The molecule has 1 aromatic carbocycles. The smallest absolute Gasteiger partial charge is 0.237 e. The van der Waals surface area contributed by atoms with Crippen LogP contribution < -0.4 is 5.32 Å². The zero-order valence-corrected chi connectivity index (χ0v) is 20.0. The Labute approximate surface area is 187 Å². The zero-order valence-electron chi connectivity index (χ0n) is 19.2. The number of thioether (sulfide) groups is 1. The molecule has 2 rings (SSSR count). The highest BCUT2D eigenvalue weighted by Crippen LogP contribution is 2.28. The molecule has 166 valence electrons. The van der Waals surface area contributed by atoms with Crippen LogP contribution in [0.5, 0.6) is 0 Å². The molecule has 0 aliphatic rings. The summed E-state index contributed by atoms with van der Waals surface area (Å²) in [5.41, 5.74) is 2.94. The van der Waals surface area contributed by atoms with Crippen LogP contribution >= 0.6 is 11.8 Å². The van der Waals surface area contributed by atoms with Crippen molar-refractivity contribution in [3.05, 3.63) is 36.0 Å². The number of rotatable bonds is 15. The number of fused-ring (bicyclic) bond motifs is 1. The fourth-order valence-corrected chi connectivity index (χ4v) is 4.98. The number of anilines is 1. The SMILES string of the molecule is CCCCCCCCC(SCCCCCC)C(=O)Nc1c(C)ccc2ncccc12. The van der Waals surface area contributed by atoms with Gasteiger partial charge in [-0.1, -0.05) is 77.7 Å². The monoisotopic (exact) mass is 428 g/mol. The Morgan fingerprint density at radius 3 is 2.43 bits per heavy atom. The van der Waals surface area contributed by atoms with Gasteiger partial charge in [0.05, 0.1) is 16.5 Å². The number of aromatic nitrogens is 1. The molecule has 1 atom stereocenters. The van der Waals surface area contributed by atoms with Crippen LogP contribution in [-0.2, 0) is 4.79 Å². The Hall–Kier alpha value is -1.55. The third kappa shape index (κ3) is 8.29. The van der Waals surface area contributed by atoms with E-state index < -0.39 is 0 Å². The molecule has 30 heavy (non-hydrogen) atoms. The Morgan fingerprint density at radius 2 is 1.67 bits per heavy atom. The van der Waals surface area contributed by atoms with Crippen LogP contribution in [0.3, 0.4) is 0 Å². The Balaban J connectivity index is 1.99. The van der Waals surface area contributed by atoms with Gasteiger partial charge in [-0.05, 0) is 49.3 Å². The van der Waals surface area contributed by atoms with Crippen molar-refractivity contribution >= 4 is 34.3 Å². The minimum absolute atomic E-state index is 0.0316. The average molecular weight is 429 g/mol. The van der Waals surface area contributed by atoms with Crippen molar-refractivity contribution in [2.24, 2.45) is 0 Å². The summed E-state index contributed by atoms with van der Waals surface area (Å²) < 4.78 is 0. The number of unbranched alkanes of at least 4 members (excludes halogenated alkanes) is 8. The van der Waals surface area contributed by atoms with E-state index in [1.54, 1.807) is 6.20 Å². The minimum atomic E-state index is 0.0316. The van der Waals surface area contributed by atoms with Gasteiger partial charge in [0.25, 0.3) is 0 Å². The van der Waals surface area contributed by atoms with Crippen molar-refractivity contribution in [1.82, 2.24) is 4.98 Å². The molecule has 0 aliphatic heterocycles. The molecule has 0 saturated heterocycles. The molecule has 0 aliphatic carbocycles. The van der Waals surface area contributed by atoms with Gasteiger partial charge in [-0.15, -0.1) is 11.8 Å². The quantitative estimate of drug-likeness (QED) is 0.293. The maximum absolute atomic E-state index is 13.2. The molecule has 2 aromatic rings. The van der Waals surface area contributed by atoms with Crippen LogP contribution in [0, 0.1) is 6.92 Å². The number of hydrogen-bond donors (Lipinski definition) is 1. The number of aryl methyl sites for hydroxylation is 1. The van der Waals surface area contributed by atoms with Gasteiger partial charge in [-0.2, -0.15) is 0 Å². The van der Waals surface area contributed by atoms with Gasteiger partial charge >= 0.3 is 0 Å². The predicted molar refractivity (Wildman–Crippen MR) is 133 cm³/mol. The molecule has 1 aromatic heterocycles. The van der Waals surface area contributed by atoms with E-state index in [4.69, 9.17) is 0 Å². The summed E-state index contributed by atoms with van der Waals surface area (Å²) in [5.74, 6) is 1.23. The molecule has 0 fully saturated rings. The van der Waals surface area contributed by atoms with Crippen LogP contribution in [0.4, 0.5) is 5.69 Å². The second-order valence-corrected chi connectivity index (χ2v) is 9.60. The Bertz CT molecular complexity index is 762. The summed E-state index contributed by atoms with van der Waals surface area (Å²) in [5, 5.41) is 4.32. The number of nitrogens with one attached hydrogen (secondary N) is 1. The number of carbonyl (C=O) groups excluding carboxylic acids is 1. The molecule has 0 radical (unpaired) electrons. The number of nitrogens with zero attached hydrogens (tertiary/aromatic N) is 1. The third-order valence-electron chi connectivity index (χ3n) is 5.67. The molecule has 0 bridgehead atoms. The number of amides is 1. The van der Waals surface area contributed by atoms with Crippen LogP contribution in [-0.4, -0.2) is 21.9 Å². The first-order chi connectivity index (χ1) is 14.7. The highest BCUT2D eigenvalue weighted by Gasteiger charge is 2.20. The number of benzene rings is 1. The normalized spacial score (nSPS) is 12.2. The standard InChI is InChI=1S/C26H40N2OS/c1-4-6-8-10-11-12-16-24(30-20-13-9-7-5-2)26(29)28-25-21(3)17-18-23-22(25)15-14-19-27-23/h14-15,17-19,24H,4-13,16,20H2,1-3H3,(H,28,29). The molecule has 1 N–H and O–H groups in total. The summed E-state index contributed by atoms with van der Waals surface area (Å²) >= 11 is 1.85. The molecule has 0 spiro atoms. The van der Waals surface area contributed by atoms with Gasteiger partial charge < -0.3 is 5.32 Å². The van der Waals surface area contributed by atoms with E-state index in [9.17, 15) is 4.79 Å². The van der Waals surface area contributed by atoms with Crippen molar-refractivity contribution in [2.75, 3.05) is 11.1 Å². The van der Waals surface area contributed by atoms with Gasteiger partial charge in [-0.3, -0.25) is 9.78 Å². The van der Waals surface area contributed by atoms with Crippen LogP contribution in [0.2, 0.25) is 0 Å². The number of hydrogen-bond acceptors (Lipinski definition) is 3. The molecule has 3 nitrogen and oxygen atoms in total. The van der Waals surface area contributed by atoms with E-state index in [0.29, 0.717) is 0 Å². The topological polar surface area (TPSA) is 42.0 Å². The largest absolute Gasteiger partial charge is 0.324 e. The Kier molecular flexibility index (Phi) is 11.9. The van der Waals surface area contributed by atoms with Gasteiger partial charge in [0.15, 0.2) is 0 Å². The van der Waals surface area contributed by atoms with Crippen molar-refractivity contribution < 1.29 is 4.79 Å². The minimum Gasteiger partial charge on any atom is -0.324 e. The van der Waals surface area contributed by atoms with E-state index in [2.05, 4.69) is 31.1 Å². The molecule has 1 amide bonds. The van der Waals surface area contributed by atoms with Crippen molar-refractivity contribution in [3.8, 4) is 0 Å². The first kappa shape index (κ1) is 24.7. The van der Waals surface area contributed by atoms with Gasteiger partial charge in [0, 0.05) is 11.6 Å². The van der Waals surface area contributed by atoms with E-state index in [1.165, 1.54) is 57.8 Å². The maximum atomic E-state index is 13.2. The first-order valence-electron chi connectivity index (χ1n) is 11.9. The lowest BCUT2D eigenvalue weighted by Crippen LogP contribution is -2.26. The summed E-state index contributed by atoms with van der Waals surface area (Å²) in [6, 6.07) is 8.06. The second kappa shape index (κ2) is 14.5. The molecule has 1 heterocycles. The summed E-state index contributed by atoms with van der Waals surface area (Å²) in [6.45, 7) is 6.55. The van der Waals surface area contributed by atoms with Crippen LogP contribution in [0.1, 0.15) is 90.0 Å². The number of carbonyl (C=O) groups is 1. The molecular weight excluding hydrogens is 388 g/mol. The molecule has 4 heteroatoms. The van der Waals surface area contributed by atoms with Gasteiger partial charge in [0.2, 0.25) is 5.91 Å². The Morgan fingerprint density at radius 1 is 0.967 bits per heavy atom. The van der Waals surface area contributed by atoms with Crippen molar-refractivity contribution in [1.29, 1.82) is 0 Å². The highest BCUT2D eigenvalue weighted by molar-refractivity contribution is 8.00. The average Bonchev–Trinajstić information content (AvgIpc) is 2.76. The summed E-state index contributed by atoms with van der Waals surface area (Å²) in [7, 11) is 0. The molecule has 0 saturated carbocycles. The van der Waals surface area contributed by atoms with E-state index in [1.807, 2.05) is 36.0 Å². The summed E-state index contributed by atoms with van der Waals surface area (Å²) in [4.78, 5) is 17.7. The summed E-state index contributed by atoms with van der Waals surface area (Å²) in [6.07, 6.45) is 15.4. The first-order valence-corrected chi connectivity index (χ1v) is 13.0. The lowest BCUT2D eigenvalue weighted by Gasteiger charge is -2.18. The fourth-order valence-electron chi connectivity index (χ4n) is 3.79. The van der Waals surface area contributed by atoms with Crippen molar-refractivity contribution in [3.63, 3.8) is 0 Å². The van der Waals surface area contributed by atoms with Gasteiger partial charge in [-0.25, -0.2) is 0 Å². The predicted octanol–water partition coefficient (Wildman–Crippen LogP) is 7.91. The zero-order chi connectivity index (χ0) is 21.6. The molecule has 1 unspecified atom stereocenters. The van der Waals surface area contributed by atoms with Crippen LogP contribution in [0.25, 0.3) is 10.9 Å². The van der Waals surface area contributed by atoms with E-state index in [-0.39, 0.29) is 11.2 Å². The molecular formula is C26H40N2OS. The second-order valence-electron chi connectivity index (χ2n) is 8.29. The fraction of sp³-hybridized carbons (Fsp3) is 0.615. The van der Waals surface area contributed by atoms with Crippen molar-refractivity contribution in [2.45, 2.75) is 96.7 Å². The third-order valence-corrected chi connectivity index (χ3v) is 7.05. The van der Waals surface area contributed by atoms with Crippen LogP contribution in [0.15, 0.2) is 30.5 Å². The maximum Gasteiger partial charge on any atom is 0.237 e. The number of pyridine rings is 1. The van der Waals surface area contributed by atoms with E-state index in [0.717, 1.165) is 40.7 Å².